The fraction of sp³-hybridized carbons (Fsp3) is 0.263. The standard InChI is InChI=1S/C19H21N/c1-4-10-17(11-5-1)16-19(18-12-6-2-7-13-18)20-14-8-3-9-15-20/h1-8,10-13,19H,9,14-16H2. The van der Waals surface area contributed by atoms with Gasteiger partial charge in [0.25, 0.3) is 0 Å². The molecule has 3 rings (SSSR count). The quantitative estimate of drug-likeness (QED) is 0.746. The van der Waals surface area contributed by atoms with Crippen LogP contribution in [0.15, 0.2) is 72.8 Å². The molecule has 0 N–H and O–H groups in total. The Morgan fingerprint density at radius 1 is 0.850 bits per heavy atom. The largest absolute Gasteiger partial charge is 0.292 e. The predicted molar refractivity (Wildman–Crippen MR) is 84.7 cm³/mol. The molecule has 102 valence electrons. The summed E-state index contributed by atoms with van der Waals surface area (Å²) in [5.41, 5.74) is 2.84. The first kappa shape index (κ1) is 13.1. The van der Waals surface area contributed by atoms with E-state index in [9.17, 15) is 0 Å². The van der Waals surface area contributed by atoms with E-state index in [1.54, 1.807) is 0 Å². The minimum atomic E-state index is 0.476. The van der Waals surface area contributed by atoms with Crippen molar-refractivity contribution >= 4 is 0 Å². The molecule has 1 aliphatic heterocycles. The molecule has 0 aliphatic carbocycles. The summed E-state index contributed by atoms with van der Waals surface area (Å²) in [4.78, 5) is 2.59. The van der Waals surface area contributed by atoms with Crippen LogP contribution in [0.5, 0.6) is 0 Å². The molecule has 1 heteroatoms. The lowest BCUT2D eigenvalue weighted by Gasteiger charge is -2.33. The van der Waals surface area contributed by atoms with Crippen molar-refractivity contribution in [2.45, 2.75) is 18.9 Å². The Kier molecular flexibility index (Phi) is 4.29. The fourth-order valence-electron chi connectivity index (χ4n) is 2.91. The average Bonchev–Trinajstić information content (AvgIpc) is 2.55. The van der Waals surface area contributed by atoms with Crippen LogP contribution in [0.1, 0.15) is 23.6 Å². The third-order valence-corrected chi connectivity index (χ3v) is 3.99. The first-order chi connectivity index (χ1) is 9.93. The average molecular weight is 263 g/mol. The topological polar surface area (TPSA) is 3.24 Å². The van der Waals surface area contributed by atoms with Gasteiger partial charge in [0.15, 0.2) is 0 Å². The summed E-state index contributed by atoms with van der Waals surface area (Å²) in [7, 11) is 0. The molecule has 0 aromatic heterocycles. The van der Waals surface area contributed by atoms with Crippen LogP contribution in [0.3, 0.4) is 0 Å². The maximum Gasteiger partial charge on any atom is 0.0391 e. The van der Waals surface area contributed by atoms with Gasteiger partial charge in [-0.25, -0.2) is 0 Å². The number of benzene rings is 2. The number of hydrogen-bond acceptors (Lipinski definition) is 1. The Balaban J connectivity index is 1.85. The smallest absolute Gasteiger partial charge is 0.0391 e. The van der Waals surface area contributed by atoms with Crippen molar-refractivity contribution in [1.82, 2.24) is 4.90 Å². The van der Waals surface area contributed by atoms with Crippen molar-refractivity contribution in [2.24, 2.45) is 0 Å². The Hall–Kier alpha value is -1.86. The molecule has 0 spiro atoms. The lowest BCUT2D eigenvalue weighted by atomic mass is 9.96. The van der Waals surface area contributed by atoms with Crippen LogP contribution in [0.25, 0.3) is 0 Å². The van der Waals surface area contributed by atoms with Crippen molar-refractivity contribution < 1.29 is 0 Å². The second kappa shape index (κ2) is 6.53. The molecule has 2 aromatic rings. The second-order valence-corrected chi connectivity index (χ2v) is 5.37. The third kappa shape index (κ3) is 3.17. The van der Waals surface area contributed by atoms with Gasteiger partial charge in [-0.1, -0.05) is 72.8 Å². The predicted octanol–water partition coefficient (Wildman–Crippen LogP) is 4.23. The van der Waals surface area contributed by atoms with Crippen LogP contribution in [-0.2, 0) is 6.42 Å². The van der Waals surface area contributed by atoms with Crippen molar-refractivity contribution in [3.63, 3.8) is 0 Å². The van der Waals surface area contributed by atoms with E-state index >= 15 is 0 Å². The highest BCUT2D eigenvalue weighted by Crippen LogP contribution is 2.26. The zero-order valence-corrected chi connectivity index (χ0v) is 11.8. The molecular weight excluding hydrogens is 242 g/mol. The summed E-state index contributed by atoms with van der Waals surface area (Å²) in [6.45, 7) is 2.22. The first-order valence-electron chi connectivity index (χ1n) is 7.41. The van der Waals surface area contributed by atoms with Crippen molar-refractivity contribution in [3.05, 3.63) is 83.9 Å². The van der Waals surface area contributed by atoms with Crippen LogP contribution in [0.2, 0.25) is 0 Å². The van der Waals surface area contributed by atoms with E-state index in [2.05, 4.69) is 77.7 Å². The van der Waals surface area contributed by atoms with Gasteiger partial charge >= 0.3 is 0 Å². The molecule has 1 atom stereocenters. The summed E-state index contributed by atoms with van der Waals surface area (Å²) in [5, 5.41) is 0. The Labute approximate surface area is 121 Å². The molecule has 0 fully saturated rings. The Morgan fingerprint density at radius 2 is 1.55 bits per heavy atom. The van der Waals surface area contributed by atoms with Gasteiger partial charge in [0.1, 0.15) is 0 Å². The molecule has 0 saturated carbocycles. The molecule has 0 bridgehead atoms. The summed E-state index contributed by atoms with van der Waals surface area (Å²) >= 11 is 0. The third-order valence-electron chi connectivity index (χ3n) is 3.99. The van der Waals surface area contributed by atoms with Crippen LogP contribution in [-0.4, -0.2) is 18.0 Å². The number of hydrogen-bond donors (Lipinski definition) is 0. The van der Waals surface area contributed by atoms with Gasteiger partial charge in [-0.2, -0.15) is 0 Å². The van der Waals surface area contributed by atoms with E-state index in [0.29, 0.717) is 6.04 Å². The second-order valence-electron chi connectivity index (χ2n) is 5.37. The zero-order chi connectivity index (χ0) is 13.6. The maximum absolute atomic E-state index is 2.59. The molecule has 1 heterocycles. The van der Waals surface area contributed by atoms with Gasteiger partial charge in [-0.05, 0) is 24.0 Å². The van der Waals surface area contributed by atoms with E-state index in [-0.39, 0.29) is 0 Å². The maximum atomic E-state index is 2.59. The summed E-state index contributed by atoms with van der Waals surface area (Å²) in [5.74, 6) is 0. The summed E-state index contributed by atoms with van der Waals surface area (Å²) in [6, 6.07) is 22.2. The normalized spacial score (nSPS) is 17.0. The highest BCUT2D eigenvalue weighted by Gasteiger charge is 2.20. The number of nitrogens with zero attached hydrogens (tertiary/aromatic N) is 1. The van der Waals surface area contributed by atoms with E-state index in [1.165, 1.54) is 11.1 Å². The molecule has 1 aliphatic rings. The van der Waals surface area contributed by atoms with Gasteiger partial charge in [0.2, 0.25) is 0 Å². The van der Waals surface area contributed by atoms with E-state index in [0.717, 1.165) is 25.9 Å². The minimum Gasteiger partial charge on any atom is -0.292 e. The first-order valence-corrected chi connectivity index (χ1v) is 7.41. The zero-order valence-electron chi connectivity index (χ0n) is 11.8. The molecule has 20 heavy (non-hydrogen) atoms. The highest BCUT2D eigenvalue weighted by atomic mass is 15.2. The lowest BCUT2D eigenvalue weighted by Crippen LogP contribution is -2.33. The molecule has 1 nitrogen and oxygen atoms in total. The Morgan fingerprint density at radius 3 is 2.20 bits per heavy atom. The molecule has 1 unspecified atom stereocenters. The monoisotopic (exact) mass is 263 g/mol. The molecule has 2 aromatic carbocycles. The lowest BCUT2D eigenvalue weighted by molar-refractivity contribution is 0.214. The van der Waals surface area contributed by atoms with Crippen LogP contribution in [0, 0.1) is 0 Å². The van der Waals surface area contributed by atoms with Gasteiger partial charge < -0.3 is 0 Å². The van der Waals surface area contributed by atoms with Gasteiger partial charge in [-0.15, -0.1) is 0 Å². The molecule has 0 radical (unpaired) electrons. The van der Waals surface area contributed by atoms with E-state index in [4.69, 9.17) is 0 Å². The Bertz CT molecular complexity index is 544. The van der Waals surface area contributed by atoms with Crippen molar-refractivity contribution in [2.75, 3.05) is 13.1 Å². The highest BCUT2D eigenvalue weighted by molar-refractivity contribution is 5.24. The van der Waals surface area contributed by atoms with Gasteiger partial charge in [0, 0.05) is 19.1 Å². The van der Waals surface area contributed by atoms with E-state index in [1.807, 2.05) is 0 Å². The van der Waals surface area contributed by atoms with Crippen molar-refractivity contribution in [1.29, 1.82) is 0 Å². The molecule has 0 amide bonds. The van der Waals surface area contributed by atoms with Crippen LogP contribution in [0.4, 0.5) is 0 Å². The van der Waals surface area contributed by atoms with Crippen LogP contribution >= 0.6 is 0 Å². The molecular formula is C19H21N. The molecule has 0 saturated heterocycles. The van der Waals surface area contributed by atoms with Crippen molar-refractivity contribution in [3.8, 4) is 0 Å². The minimum absolute atomic E-state index is 0.476. The van der Waals surface area contributed by atoms with E-state index < -0.39 is 0 Å². The number of rotatable bonds is 4. The summed E-state index contributed by atoms with van der Waals surface area (Å²) in [6.07, 6.45) is 6.84. The van der Waals surface area contributed by atoms with Gasteiger partial charge in [-0.3, -0.25) is 4.90 Å². The van der Waals surface area contributed by atoms with Crippen LogP contribution < -0.4 is 0 Å². The SMILES string of the molecule is C1=CCN(C(Cc2ccccc2)c2ccccc2)CC1. The summed E-state index contributed by atoms with van der Waals surface area (Å²) < 4.78 is 0. The van der Waals surface area contributed by atoms with Gasteiger partial charge in [0.05, 0.1) is 0 Å². The fourth-order valence-corrected chi connectivity index (χ4v) is 2.91.